The SMILES string of the molecule is CCCCCC.Cc1cnccn1. The second-order valence-electron chi connectivity index (χ2n) is 3.05. The van der Waals surface area contributed by atoms with Crippen molar-refractivity contribution in [2.24, 2.45) is 0 Å². The Kier molecular flexibility index (Phi) is 8.52. The molecule has 0 radical (unpaired) electrons. The Morgan fingerprint density at radius 2 is 1.69 bits per heavy atom. The number of aromatic nitrogens is 2. The van der Waals surface area contributed by atoms with Gasteiger partial charge in [0.15, 0.2) is 0 Å². The van der Waals surface area contributed by atoms with Gasteiger partial charge >= 0.3 is 0 Å². The molecule has 0 unspecified atom stereocenters. The van der Waals surface area contributed by atoms with Crippen LogP contribution in [0.3, 0.4) is 0 Å². The number of rotatable bonds is 3. The van der Waals surface area contributed by atoms with Gasteiger partial charge in [0, 0.05) is 18.6 Å². The van der Waals surface area contributed by atoms with Gasteiger partial charge in [-0.1, -0.05) is 39.5 Å². The van der Waals surface area contributed by atoms with Crippen LogP contribution < -0.4 is 0 Å². The van der Waals surface area contributed by atoms with Crippen LogP contribution >= 0.6 is 0 Å². The van der Waals surface area contributed by atoms with E-state index >= 15 is 0 Å². The van der Waals surface area contributed by atoms with Crippen LogP contribution in [0.1, 0.15) is 45.2 Å². The van der Waals surface area contributed by atoms with E-state index in [1.807, 2.05) is 6.92 Å². The minimum absolute atomic E-state index is 0.961. The van der Waals surface area contributed by atoms with Crippen LogP contribution in [0.2, 0.25) is 0 Å². The van der Waals surface area contributed by atoms with Crippen molar-refractivity contribution in [2.75, 3.05) is 0 Å². The van der Waals surface area contributed by atoms with Gasteiger partial charge < -0.3 is 0 Å². The van der Waals surface area contributed by atoms with Crippen molar-refractivity contribution in [1.82, 2.24) is 9.97 Å². The quantitative estimate of drug-likeness (QED) is 0.666. The van der Waals surface area contributed by atoms with Crippen molar-refractivity contribution in [3.05, 3.63) is 24.3 Å². The zero-order valence-electron chi connectivity index (χ0n) is 8.95. The first kappa shape index (κ1) is 12.1. The molecule has 0 saturated carbocycles. The first-order chi connectivity index (χ1) is 6.31. The Morgan fingerprint density at radius 1 is 1.08 bits per heavy atom. The van der Waals surface area contributed by atoms with E-state index in [-0.39, 0.29) is 0 Å². The normalized spacial score (nSPS) is 8.85. The molecule has 0 fully saturated rings. The van der Waals surface area contributed by atoms with Crippen molar-refractivity contribution >= 4 is 0 Å². The summed E-state index contributed by atoms with van der Waals surface area (Å²) in [5.74, 6) is 0. The van der Waals surface area contributed by atoms with E-state index in [9.17, 15) is 0 Å². The third-order valence-electron chi connectivity index (χ3n) is 1.65. The summed E-state index contributed by atoms with van der Waals surface area (Å²) in [5, 5.41) is 0. The molecule has 0 aliphatic heterocycles. The molecule has 0 saturated heterocycles. The van der Waals surface area contributed by atoms with Gasteiger partial charge in [-0.3, -0.25) is 9.97 Å². The van der Waals surface area contributed by atoms with Crippen LogP contribution in [0.4, 0.5) is 0 Å². The highest BCUT2D eigenvalue weighted by atomic mass is 14.7. The Balaban J connectivity index is 0.000000226. The molecule has 0 aromatic carbocycles. The average molecular weight is 180 g/mol. The fourth-order valence-electron chi connectivity index (χ4n) is 0.874. The zero-order valence-corrected chi connectivity index (χ0v) is 8.95. The Bertz CT molecular complexity index is 181. The molecule has 0 bridgehead atoms. The monoisotopic (exact) mass is 180 g/mol. The molecule has 1 aromatic heterocycles. The first-order valence-corrected chi connectivity index (χ1v) is 5.03. The lowest BCUT2D eigenvalue weighted by Crippen LogP contribution is -1.77. The summed E-state index contributed by atoms with van der Waals surface area (Å²) in [4.78, 5) is 7.74. The number of aryl methyl sites for hydroxylation is 1. The van der Waals surface area contributed by atoms with Crippen LogP contribution in [0.25, 0.3) is 0 Å². The third-order valence-corrected chi connectivity index (χ3v) is 1.65. The van der Waals surface area contributed by atoms with E-state index in [2.05, 4.69) is 23.8 Å². The van der Waals surface area contributed by atoms with E-state index < -0.39 is 0 Å². The molecular weight excluding hydrogens is 160 g/mol. The van der Waals surface area contributed by atoms with Gasteiger partial charge in [0.25, 0.3) is 0 Å². The van der Waals surface area contributed by atoms with Crippen molar-refractivity contribution in [1.29, 1.82) is 0 Å². The lowest BCUT2D eigenvalue weighted by molar-refractivity contribution is 0.702. The molecule has 0 N–H and O–H groups in total. The van der Waals surface area contributed by atoms with Crippen molar-refractivity contribution < 1.29 is 0 Å². The molecule has 0 spiro atoms. The predicted molar refractivity (Wildman–Crippen MR) is 56.6 cm³/mol. The van der Waals surface area contributed by atoms with E-state index in [0.29, 0.717) is 0 Å². The number of hydrogen-bond donors (Lipinski definition) is 0. The molecule has 1 rings (SSSR count). The molecule has 2 heteroatoms. The van der Waals surface area contributed by atoms with Crippen LogP contribution in [0.15, 0.2) is 18.6 Å². The summed E-state index contributed by atoms with van der Waals surface area (Å²) in [6.45, 7) is 6.37. The first-order valence-electron chi connectivity index (χ1n) is 5.03. The number of hydrogen-bond acceptors (Lipinski definition) is 2. The predicted octanol–water partition coefficient (Wildman–Crippen LogP) is 3.37. The average Bonchev–Trinajstić information content (AvgIpc) is 2.17. The summed E-state index contributed by atoms with van der Waals surface area (Å²) in [5.41, 5.74) is 0.961. The number of nitrogens with zero attached hydrogens (tertiary/aromatic N) is 2. The summed E-state index contributed by atoms with van der Waals surface area (Å²) in [6.07, 6.45) is 10.6. The highest BCUT2D eigenvalue weighted by Crippen LogP contribution is 1.95. The lowest BCUT2D eigenvalue weighted by atomic mass is 10.2. The Morgan fingerprint density at radius 3 is 1.92 bits per heavy atom. The lowest BCUT2D eigenvalue weighted by Gasteiger charge is -1.86. The van der Waals surface area contributed by atoms with Crippen molar-refractivity contribution in [2.45, 2.75) is 46.5 Å². The van der Waals surface area contributed by atoms with Crippen LogP contribution in [-0.4, -0.2) is 9.97 Å². The van der Waals surface area contributed by atoms with Gasteiger partial charge in [-0.25, -0.2) is 0 Å². The topological polar surface area (TPSA) is 25.8 Å². The van der Waals surface area contributed by atoms with Gasteiger partial charge in [0.2, 0.25) is 0 Å². The minimum Gasteiger partial charge on any atom is -0.261 e. The van der Waals surface area contributed by atoms with E-state index in [1.165, 1.54) is 25.7 Å². The van der Waals surface area contributed by atoms with Gasteiger partial charge in [0.1, 0.15) is 0 Å². The smallest absolute Gasteiger partial charge is 0.0555 e. The van der Waals surface area contributed by atoms with Gasteiger partial charge in [-0.2, -0.15) is 0 Å². The summed E-state index contributed by atoms with van der Waals surface area (Å²) in [6, 6.07) is 0. The summed E-state index contributed by atoms with van der Waals surface area (Å²) < 4.78 is 0. The maximum atomic E-state index is 3.92. The zero-order chi connectivity index (χ0) is 9.94. The molecule has 1 heterocycles. The molecule has 74 valence electrons. The molecule has 1 aromatic rings. The van der Waals surface area contributed by atoms with E-state index in [0.717, 1.165) is 5.69 Å². The number of unbranched alkanes of at least 4 members (excludes halogenated alkanes) is 3. The molecule has 0 atom stereocenters. The maximum Gasteiger partial charge on any atom is 0.0555 e. The molecular formula is C11H20N2. The van der Waals surface area contributed by atoms with Gasteiger partial charge in [0.05, 0.1) is 5.69 Å². The molecule has 2 nitrogen and oxygen atoms in total. The third kappa shape index (κ3) is 8.99. The second-order valence-corrected chi connectivity index (χ2v) is 3.05. The highest BCUT2D eigenvalue weighted by molar-refractivity contribution is 4.88. The summed E-state index contributed by atoms with van der Waals surface area (Å²) >= 11 is 0. The van der Waals surface area contributed by atoms with Crippen LogP contribution in [-0.2, 0) is 0 Å². The Hall–Kier alpha value is -0.920. The van der Waals surface area contributed by atoms with Gasteiger partial charge in [-0.15, -0.1) is 0 Å². The van der Waals surface area contributed by atoms with E-state index in [1.54, 1.807) is 18.6 Å². The highest BCUT2D eigenvalue weighted by Gasteiger charge is 1.75. The van der Waals surface area contributed by atoms with E-state index in [4.69, 9.17) is 0 Å². The van der Waals surface area contributed by atoms with Crippen LogP contribution in [0.5, 0.6) is 0 Å². The van der Waals surface area contributed by atoms with Crippen molar-refractivity contribution in [3.8, 4) is 0 Å². The summed E-state index contributed by atoms with van der Waals surface area (Å²) in [7, 11) is 0. The molecule has 0 aliphatic carbocycles. The molecule has 0 aliphatic rings. The molecule has 0 amide bonds. The second kappa shape index (κ2) is 9.17. The van der Waals surface area contributed by atoms with Crippen LogP contribution in [0, 0.1) is 6.92 Å². The maximum absolute atomic E-state index is 3.92. The minimum atomic E-state index is 0.961. The standard InChI is InChI=1S/C6H14.C5H6N2/c1-3-5-6-4-2;1-5-4-6-2-3-7-5/h3-6H2,1-2H3;2-4H,1H3. The van der Waals surface area contributed by atoms with Gasteiger partial charge in [-0.05, 0) is 6.92 Å². The molecule has 13 heavy (non-hydrogen) atoms. The fraction of sp³-hybridized carbons (Fsp3) is 0.636. The largest absolute Gasteiger partial charge is 0.261 e. The Labute approximate surface area is 81.4 Å². The van der Waals surface area contributed by atoms with Crippen molar-refractivity contribution in [3.63, 3.8) is 0 Å². The fourth-order valence-corrected chi connectivity index (χ4v) is 0.874.